The first kappa shape index (κ1) is 16.9. The van der Waals surface area contributed by atoms with Crippen molar-refractivity contribution in [2.75, 3.05) is 10.6 Å². The molecule has 1 saturated carbocycles. The zero-order chi connectivity index (χ0) is 18.8. The number of amides is 2. The molecule has 8 nitrogen and oxygen atoms in total. The van der Waals surface area contributed by atoms with Crippen LogP contribution in [-0.4, -0.2) is 32.0 Å². The van der Waals surface area contributed by atoms with Crippen LogP contribution in [0.15, 0.2) is 48.7 Å². The highest BCUT2D eigenvalue weighted by Crippen LogP contribution is 2.38. The Labute approximate surface area is 155 Å². The largest absolute Gasteiger partial charge is 0.326 e. The van der Waals surface area contributed by atoms with Gasteiger partial charge in [0.1, 0.15) is 5.69 Å². The van der Waals surface area contributed by atoms with E-state index in [2.05, 4.69) is 30.8 Å². The Hall–Kier alpha value is -3.55. The van der Waals surface area contributed by atoms with Crippen LogP contribution in [0.2, 0.25) is 0 Å². The molecule has 3 N–H and O–H groups in total. The van der Waals surface area contributed by atoms with E-state index in [-0.39, 0.29) is 23.7 Å². The summed E-state index contributed by atoms with van der Waals surface area (Å²) in [4.78, 5) is 32.9. The van der Waals surface area contributed by atoms with Gasteiger partial charge in [-0.15, -0.1) is 5.10 Å². The van der Waals surface area contributed by atoms with Gasteiger partial charge in [-0.05, 0) is 42.7 Å². The van der Waals surface area contributed by atoms with Crippen LogP contribution in [0.1, 0.15) is 23.7 Å². The minimum Gasteiger partial charge on any atom is -0.326 e. The second-order valence-corrected chi connectivity index (χ2v) is 6.57. The van der Waals surface area contributed by atoms with Crippen molar-refractivity contribution in [1.82, 2.24) is 20.2 Å². The second kappa shape index (κ2) is 6.99. The molecule has 2 aromatic heterocycles. The second-order valence-electron chi connectivity index (χ2n) is 6.57. The summed E-state index contributed by atoms with van der Waals surface area (Å²) in [6.45, 7) is 2.05. The number of aromatic nitrogens is 4. The molecule has 0 spiro atoms. The van der Waals surface area contributed by atoms with Crippen LogP contribution in [0.3, 0.4) is 0 Å². The Morgan fingerprint density at radius 3 is 2.74 bits per heavy atom. The van der Waals surface area contributed by atoms with Gasteiger partial charge in [0.25, 0.3) is 5.91 Å². The number of carbonyl (C=O) groups excluding carboxylic acids is 2. The minimum absolute atomic E-state index is 0.00553. The molecular formula is C19H18N6O2. The summed E-state index contributed by atoms with van der Waals surface area (Å²) in [6.07, 6.45) is 2.56. The highest BCUT2D eigenvalue weighted by molar-refractivity contribution is 6.04. The lowest BCUT2D eigenvalue weighted by molar-refractivity contribution is -0.117. The summed E-state index contributed by atoms with van der Waals surface area (Å²) in [5.41, 5.74) is 1.63. The van der Waals surface area contributed by atoms with Crippen molar-refractivity contribution in [2.45, 2.75) is 13.3 Å². The van der Waals surface area contributed by atoms with Gasteiger partial charge >= 0.3 is 0 Å². The highest BCUT2D eigenvalue weighted by atomic mass is 16.2. The monoisotopic (exact) mass is 362 g/mol. The maximum atomic E-state index is 12.5. The maximum Gasteiger partial charge on any atom is 0.258 e. The summed E-state index contributed by atoms with van der Waals surface area (Å²) >= 11 is 0. The van der Waals surface area contributed by atoms with Crippen molar-refractivity contribution in [3.63, 3.8) is 0 Å². The molecule has 1 fully saturated rings. The van der Waals surface area contributed by atoms with Gasteiger partial charge in [0.2, 0.25) is 11.9 Å². The fourth-order valence-electron chi connectivity index (χ4n) is 2.77. The highest BCUT2D eigenvalue weighted by Gasteiger charge is 2.39. The summed E-state index contributed by atoms with van der Waals surface area (Å²) in [5, 5.41) is 12.2. The molecule has 1 aliphatic rings. The van der Waals surface area contributed by atoms with E-state index in [1.165, 1.54) is 0 Å². The molecule has 136 valence electrons. The molecule has 27 heavy (non-hydrogen) atoms. The lowest BCUT2D eigenvalue weighted by Crippen LogP contribution is -2.16. The van der Waals surface area contributed by atoms with Crippen molar-refractivity contribution in [3.05, 3.63) is 54.2 Å². The van der Waals surface area contributed by atoms with Crippen LogP contribution in [0.25, 0.3) is 11.5 Å². The van der Waals surface area contributed by atoms with E-state index in [0.717, 1.165) is 6.42 Å². The average Bonchev–Trinajstić information content (AvgIpc) is 3.24. The predicted molar refractivity (Wildman–Crippen MR) is 99.9 cm³/mol. The molecular weight excluding hydrogens is 344 g/mol. The van der Waals surface area contributed by atoms with Crippen LogP contribution >= 0.6 is 0 Å². The SMILES string of the molecule is C[C@@H]1C[C@@H]1C(=O)Nc1cccc(C(=O)Nc2n[nH]c(-c3ccccn3)n2)c1. The Balaban J connectivity index is 1.43. The summed E-state index contributed by atoms with van der Waals surface area (Å²) < 4.78 is 0. The molecule has 0 saturated heterocycles. The summed E-state index contributed by atoms with van der Waals surface area (Å²) in [7, 11) is 0. The lowest BCUT2D eigenvalue weighted by atomic mass is 10.2. The van der Waals surface area contributed by atoms with Gasteiger partial charge < -0.3 is 5.32 Å². The van der Waals surface area contributed by atoms with Crippen molar-refractivity contribution in [2.24, 2.45) is 11.8 Å². The van der Waals surface area contributed by atoms with Crippen LogP contribution in [0.4, 0.5) is 11.6 Å². The normalized spacial score (nSPS) is 18.0. The standard InChI is InChI=1S/C19H18N6O2/c1-11-9-14(11)18(27)21-13-6-4-5-12(10-13)17(26)23-19-22-16(24-25-19)15-7-2-3-8-20-15/h2-8,10-11,14H,9H2,1H3,(H,21,27)(H2,22,23,24,25,26)/t11-,14+/m1/s1. The zero-order valence-electron chi connectivity index (χ0n) is 14.6. The van der Waals surface area contributed by atoms with E-state index in [4.69, 9.17) is 0 Å². The van der Waals surface area contributed by atoms with Gasteiger partial charge in [0, 0.05) is 23.4 Å². The maximum absolute atomic E-state index is 12.5. The lowest BCUT2D eigenvalue weighted by Gasteiger charge is -2.07. The number of hydrogen-bond donors (Lipinski definition) is 3. The van der Waals surface area contributed by atoms with Crippen LogP contribution in [0.5, 0.6) is 0 Å². The Morgan fingerprint density at radius 1 is 1.15 bits per heavy atom. The molecule has 3 aromatic rings. The molecule has 0 aliphatic heterocycles. The van der Waals surface area contributed by atoms with Gasteiger partial charge in [-0.25, -0.2) is 0 Å². The molecule has 0 radical (unpaired) electrons. The van der Waals surface area contributed by atoms with E-state index >= 15 is 0 Å². The number of benzene rings is 1. The Morgan fingerprint density at radius 2 is 2.00 bits per heavy atom. The Kier molecular flexibility index (Phi) is 4.37. The third-order valence-corrected chi connectivity index (χ3v) is 4.46. The number of anilines is 2. The first-order chi connectivity index (χ1) is 13.1. The quantitative estimate of drug-likeness (QED) is 0.646. The van der Waals surface area contributed by atoms with E-state index in [0.29, 0.717) is 28.7 Å². The number of rotatable bonds is 5. The van der Waals surface area contributed by atoms with Gasteiger partial charge in [-0.2, -0.15) is 4.98 Å². The summed E-state index contributed by atoms with van der Waals surface area (Å²) in [5.74, 6) is 0.745. The minimum atomic E-state index is -0.363. The van der Waals surface area contributed by atoms with Gasteiger partial charge in [-0.1, -0.05) is 19.1 Å². The number of carbonyl (C=O) groups is 2. The summed E-state index contributed by atoms with van der Waals surface area (Å²) in [6, 6.07) is 12.2. The smallest absolute Gasteiger partial charge is 0.258 e. The number of hydrogen-bond acceptors (Lipinski definition) is 5. The Bertz CT molecular complexity index is 985. The molecule has 0 unspecified atom stereocenters. The molecule has 8 heteroatoms. The molecule has 1 aromatic carbocycles. The molecule has 0 bridgehead atoms. The topological polar surface area (TPSA) is 113 Å². The first-order valence-electron chi connectivity index (χ1n) is 8.66. The molecule has 1 aliphatic carbocycles. The molecule has 2 heterocycles. The van der Waals surface area contributed by atoms with Gasteiger partial charge in [0.05, 0.1) is 0 Å². The third-order valence-electron chi connectivity index (χ3n) is 4.46. The fraction of sp³-hybridized carbons (Fsp3) is 0.211. The third kappa shape index (κ3) is 3.84. The fourth-order valence-corrected chi connectivity index (χ4v) is 2.77. The molecule has 2 amide bonds. The van der Waals surface area contributed by atoms with Crippen molar-refractivity contribution in [3.8, 4) is 11.5 Å². The van der Waals surface area contributed by atoms with Crippen molar-refractivity contribution < 1.29 is 9.59 Å². The van der Waals surface area contributed by atoms with E-state index in [1.54, 1.807) is 42.6 Å². The predicted octanol–water partition coefficient (Wildman–Crippen LogP) is 2.71. The van der Waals surface area contributed by atoms with E-state index in [9.17, 15) is 9.59 Å². The average molecular weight is 362 g/mol. The van der Waals surface area contributed by atoms with E-state index < -0.39 is 0 Å². The number of nitrogens with zero attached hydrogens (tertiary/aromatic N) is 3. The number of aromatic amines is 1. The van der Waals surface area contributed by atoms with Crippen molar-refractivity contribution in [1.29, 1.82) is 0 Å². The molecule has 2 atom stereocenters. The van der Waals surface area contributed by atoms with Crippen LogP contribution in [-0.2, 0) is 4.79 Å². The van der Waals surface area contributed by atoms with Crippen molar-refractivity contribution >= 4 is 23.5 Å². The van der Waals surface area contributed by atoms with Crippen LogP contribution < -0.4 is 10.6 Å². The van der Waals surface area contributed by atoms with Gasteiger partial charge in [-0.3, -0.25) is 25.0 Å². The van der Waals surface area contributed by atoms with E-state index in [1.807, 2.05) is 13.0 Å². The number of nitrogens with one attached hydrogen (secondary N) is 3. The number of H-pyrrole nitrogens is 1. The first-order valence-corrected chi connectivity index (χ1v) is 8.66. The molecule has 4 rings (SSSR count). The van der Waals surface area contributed by atoms with Gasteiger partial charge in [0.15, 0.2) is 5.82 Å². The van der Waals surface area contributed by atoms with Crippen LogP contribution in [0, 0.1) is 11.8 Å². The zero-order valence-corrected chi connectivity index (χ0v) is 14.6. The number of pyridine rings is 1.